The summed E-state index contributed by atoms with van der Waals surface area (Å²) in [7, 11) is 0. The monoisotopic (exact) mass is 427 g/mol. The van der Waals surface area contributed by atoms with Gasteiger partial charge in [0, 0.05) is 43.7 Å². The number of rotatable bonds is 4. The van der Waals surface area contributed by atoms with Crippen LogP contribution in [0.5, 0.6) is 0 Å². The Morgan fingerprint density at radius 3 is 2.70 bits per heavy atom. The Morgan fingerprint density at radius 2 is 2.00 bits per heavy atom. The summed E-state index contributed by atoms with van der Waals surface area (Å²) in [5.41, 5.74) is 0.634. The fourth-order valence-electron chi connectivity index (χ4n) is 3.93. The van der Waals surface area contributed by atoms with Crippen molar-refractivity contribution in [1.82, 2.24) is 20.3 Å². The van der Waals surface area contributed by atoms with Crippen LogP contribution in [0.4, 0.5) is 27.9 Å². The second kappa shape index (κ2) is 8.05. The fraction of sp³-hybridized carbons (Fsp3) is 0.550. The molecule has 0 aromatic carbocycles. The van der Waals surface area contributed by atoms with Crippen LogP contribution in [-0.2, 0) is 12.6 Å². The third kappa shape index (κ3) is 4.85. The van der Waals surface area contributed by atoms with E-state index in [0.29, 0.717) is 25.2 Å². The van der Waals surface area contributed by atoms with Crippen LogP contribution in [-0.4, -0.2) is 47.1 Å². The SMILES string of the molecule is FC1(F)CCCN(c2nc(Cc3cc(C(F)(F)F)ccn3)cc(C3CCNC3)n2)C1. The van der Waals surface area contributed by atoms with Crippen LogP contribution in [0.3, 0.4) is 0 Å². The van der Waals surface area contributed by atoms with Crippen molar-refractivity contribution >= 4 is 5.95 Å². The maximum atomic E-state index is 13.9. The van der Waals surface area contributed by atoms with E-state index >= 15 is 0 Å². The van der Waals surface area contributed by atoms with Gasteiger partial charge in [0.2, 0.25) is 5.95 Å². The molecule has 1 unspecified atom stereocenters. The molecule has 0 bridgehead atoms. The number of anilines is 1. The van der Waals surface area contributed by atoms with Crippen molar-refractivity contribution in [3.05, 3.63) is 47.0 Å². The van der Waals surface area contributed by atoms with E-state index in [9.17, 15) is 22.0 Å². The highest BCUT2D eigenvalue weighted by Gasteiger charge is 2.36. The second-order valence-electron chi connectivity index (χ2n) is 7.87. The summed E-state index contributed by atoms with van der Waals surface area (Å²) in [5, 5.41) is 3.24. The first-order valence-corrected chi connectivity index (χ1v) is 9.93. The molecule has 2 aliphatic heterocycles. The molecule has 1 atom stereocenters. The van der Waals surface area contributed by atoms with Gasteiger partial charge >= 0.3 is 6.18 Å². The average Bonchev–Trinajstić information content (AvgIpc) is 3.21. The highest BCUT2D eigenvalue weighted by molar-refractivity contribution is 5.36. The van der Waals surface area contributed by atoms with Crippen molar-refractivity contribution in [3.63, 3.8) is 0 Å². The first-order chi connectivity index (χ1) is 14.2. The standard InChI is InChI=1S/C20H22F5N5/c21-19(22)4-1-7-30(12-19)18-28-16(10-17(29-18)13-2-5-26-11-13)9-15-8-14(3-6-27-15)20(23,24)25/h3,6,8,10,13,26H,1-2,4-5,7,9,11-12H2. The molecule has 162 valence electrons. The summed E-state index contributed by atoms with van der Waals surface area (Å²) in [5.74, 6) is -2.49. The van der Waals surface area contributed by atoms with Crippen LogP contribution >= 0.6 is 0 Å². The molecule has 0 spiro atoms. The van der Waals surface area contributed by atoms with E-state index in [1.807, 2.05) is 0 Å². The van der Waals surface area contributed by atoms with Gasteiger partial charge in [-0.25, -0.2) is 18.7 Å². The van der Waals surface area contributed by atoms with Gasteiger partial charge < -0.3 is 10.2 Å². The predicted molar refractivity (Wildman–Crippen MR) is 101 cm³/mol. The predicted octanol–water partition coefficient (Wildman–Crippen LogP) is 3.79. The van der Waals surface area contributed by atoms with Crippen molar-refractivity contribution in [2.24, 2.45) is 0 Å². The lowest BCUT2D eigenvalue weighted by atomic mass is 10.0. The van der Waals surface area contributed by atoms with Crippen LogP contribution in [0.1, 0.15) is 47.8 Å². The van der Waals surface area contributed by atoms with E-state index in [1.54, 1.807) is 6.07 Å². The largest absolute Gasteiger partial charge is 0.416 e. The molecular weight excluding hydrogens is 405 g/mol. The van der Waals surface area contributed by atoms with E-state index in [0.717, 1.165) is 37.0 Å². The van der Waals surface area contributed by atoms with Crippen molar-refractivity contribution < 1.29 is 22.0 Å². The molecule has 0 saturated carbocycles. The summed E-state index contributed by atoms with van der Waals surface area (Å²) in [6.07, 6.45) is -2.26. The zero-order valence-corrected chi connectivity index (χ0v) is 16.2. The van der Waals surface area contributed by atoms with Gasteiger partial charge in [0.05, 0.1) is 23.5 Å². The van der Waals surface area contributed by atoms with Crippen molar-refractivity contribution in [2.45, 2.75) is 43.7 Å². The minimum atomic E-state index is -4.46. The van der Waals surface area contributed by atoms with Gasteiger partial charge in [0.25, 0.3) is 5.92 Å². The molecule has 2 aromatic rings. The molecule has 0 amide bonds. The molecule has 4 heterocycles. The number of hydrogen-bond donors (Lipinski definition) is 1. The van der Waals surface area contributed by atoms with Crippen LogP contribution in [0, 0.1) is 0 Å². The van der Waals surface area contributed by atoms with Crippen LogP contribution < -0.4 is 10.2 Å². The molecule has 0 aliphatic carbocycles. The second-order valence-corrected chi connectivity index (χ2v) is 7.87. The minimum Gasteiger partial charge on any atom is -0.335 e. The summed E-state index contributed by atoms with van der Waals surface area (Å²) < 4.78 is 66.9. The lowest BCUT2D eigenvalue weighted by molar-refractivity contribution is -0.137. The Balaban J connectivity index is 1.66. The van der Waals surface area contributed by atoms with E-state index in [4.69, 9.17) is 0 Å². The third-order valence-electron chi connectivity index (χ3n) is 5.45. The number of aromatic nitrogens is 3. The summed E-state index contributed by atoms with van der Waals surface area (Å²) in [6.45, 7) is 1.51. The number of alkyl halides is 5. The molecule has 10 heteroatoms. The number of nitrogens with zero attached hydrogens (tertiary/aromatic N) is 4. The van der Waals surface area contributed by atoms with Crippen molar-refractivity contribution in [1.29, 1.82) is 0 Å². The Kier molecular flexibility index (Phi) is 5.61. The molecule has 1 N–H and O–H groups in total. The summed E-state index contributed by atoms with van der Waals surface area (Å²) in [6, 6.07) is 3.67. The topological polar surface area (TPSA) is 53.9 Å². The Hall–Kier alpha value is -2.36. The van der Waals surface area contributed by atoms with E-state index in [1.165, 1.54) is 4.90 Å². The van der Waals surface area contributed by atoms with Gasteiger partial charge in [-0.15, -0.1) is 0 Å². The fourth-order valence-corrected chi connectivity index (χ4v) is 3.93. The molecule has 2 aromatic heterocycles. The number of hydrogen-bond acceptors (Lipinski definition) is 5. The molecule has 2 saturated heterocycles. The smallest absolute Gasteiger partial charge is 0.335 e. The van der Waals surface area contributed by atoms with Gasteiger partial charge in [-0.05, 0) is 37.6 Å². The molecule has 30 heavy (non-hydrogen) atoms. The van der Waals surface area contributed by atoms with Crippen LogP contribution in [0.25, 0.3) is 0 Å². The maximum absolute atomic E-state index is 13.9. The Bertz CT molecular complexity index is 895. The summed E-state index contributed by atoms with van der Waals surface area (Å²) in [4.78, 5) is 14.5. The number of piperidine rings is 1. The van der Waals surface area contributed by atoms with Gasteiger partial charge in [0.1, 0.15) is 0 Å². The average molecular weight is 427 g/mol. The number of halogens is 5. The van der Waals surface area contributed by atoms with Crippen molar-refractivity contribution in [3.8, 4) is 0 Å². The van der Waals surface area contributed by atoms with Crippen LogP contribution in [0.2, 0.25) is 0 Å². The maximum Gasteiger partial charge on any atom is 0.416 e. The number of nitrogens with one attached hydrogen (secondary N) is 1. The minimum absolute atomic E-state index is 0.0663. The highest BCUT2D eigenvalue weighted by Crippen LogP contribution is 2.31. The first kappa shape index (κ1) is 20.9. The molecule has 5 nitrogen and oxygen atoms in total. The molecule has 2 fully saturated rings. The first-order valence-electron chi connectivity index (χ1n) is 9.93. The number of pyridine rings is 1. The quantitative estimate of drug-likeness (QED) is 0.753. The summed E-state index contributed by atoms with van der Waals surface area (Å²) >= 11 is 0. The van der Waals surface area contributed by atoms with E-state index < -0.39 is 24.2 Å². The van der Waals surface area contributed by atoms with Gasteiger partial charge in [-0.2, -0.15) is 13.2 Å². The molecule has 2 aliphatic rings. The normalized spacial score (nSPS) is 21.8. The zero-order chi connectivity index (χ0) is 21.4. The lowest BCUT2D eigenvalue weighted by Gasteiger charge is -2.33. The van der Waals surface area contributed by atoms with Crippen LogP contribution in [0.15, 0.2) is 24.4 Å². The van der Waals surface area contributed by atoms with Gasteiger partial charge in [-0.3, -0.25) is 4.98 Å². The lowest BCUT2D eigenvalue weighted by Crippen LogP contribution is -2.43. The third-order valence-corrected chi connectivity index (χ3v) is 5.45. The molecule has 4 rings (SSSR count). The molecule has 0 radical (unpaired) electrons. The van der Waals surface area contributed by atoms with Crippen molar-refractivity contribution in [2.75, 3.05) is 31.1 Å². The van der Waals surface area contributed by atoms with E-state index in [-0.39, 0.29) is 30.4 Å². The highest BCUT2D eigenvalue weighted by atomic mass is 19.4. The Labute approximate surface area is 170 Å². The molecular formula is C20H22F5N5. The van der Waals surface area contributed by atoms with Gasteiger partial charge in [0.15, 0.2) is 0 Å². The van der Waals surface area contributed by atoms with E-state index in [2.05, 4.69) is 20.3 Å². The van der Waals surface area contributed by atoms with Gasteiger partial charge in [-0.1, -0.05) is 0 Å². The zero-order valence-electron chi connectivity index (χ0n) is 16.2. The Morgan fingerprint density at radius 1 is 1.17 bits per heavy atom.